The maximum Gasteiger partial charge on any atom is 0.240 e. The van der Waals surface area contributed by atoms with Crippen LogP contribution in [0.15, 0.2) is 48.8 Å². The maximum atomic E-state index is 12.9. The van der Waals surface area contributed by atoms with Crippen LogP contribution in [0.5, 0.6) is 0 Å². The van der Waals surface area contributed by atoms with E-state index >= 15 is 0 Å². The van der Waals surface area contributed by atoms with E-state index in [0.717, 1.165) is 11.3 Å². The van der Waals surface area contributed by atoms with Gasteiger partial charge in [0.05, 0.1) is 6.04 Å². The molecule has 2 amide bonds. The number of hydrogen-bond donors (Lipinski definition) is 2. The van der Waals surface area contributed by atoms with Gasteiger partial charge in [-0.25, -0.2) is 0 Å². The maximum absolute atomic E-state index is 12.9. The molecule has 0 radical (unpaired) electrons. The van der Waals surface area contributed by atoms with E-state index in [1.54, 1.807) is 4.90 Å². The van der Waals surface area contributed by atoms with Crippen LogP contribution in [0.2, 0.25) is 0 Å². The van der Waals surface area contributed by atoms with E-state index in [9.17, 15) is 9.59 Å². The first-order valence-electron chi connectivity index (χ1n) is 9.27. The molecular formula is C21H28N4O2. The van der Waals surface area contributed by atoms with Crippen molar-refractivity contribution in [1.29, 1.82) is 0 Å². The van der Waals surface area contributed by atoms with E-state index in [1.807, 2.05) is 62.0 Å². The monoisotopic (exact) mass is 368 g/mol. The molecule has 0 saturated carbocycles. The predicted molar refractivity (Wildman–Crippen MR) is 105 cm³/mol. The summed E-state index contributed by atoms with van der Waals surface area (Å²) in [7, 11) is 0. The molecule has 1 aliphatic rings. The van der Waals surface area contributed by atoms with E-state index < -0.39 is 18.0 Å². The van der Waals surface area contributed by atoms with Crippen molar-refractivity contribution < 1.29 is 9.59 Å². The second-order valence-electron chi connectivity index (χ2n) is 8.37. The van der Waals surface area contributed by atoms with Gasteiger partial charge in [0.1, 0.15) is 6.04 Å². The van der Waals surface area contributed by atoms with Gasteiger partial charge in [-0.1, -0.05) is 32.9 Å². The Hall–Kier alpha value is -2.60. The highest BCUT2D eigenvalue weighted by molar-refractivity contribution is 5.90. The summed E-state index contributed by atoms with van der Waals surface area (Å²) in [6, 6.07) is 10.9. The van der Waals surface area contributed by atoms with Crippen molar-refractivity contribution in [3.63, 3.8) is 0 Å². The van der Waals surface area contributed by atoms with Crippen LogP contribution >= 0.6 is 0 Å². The van der Waals surface area contributed by atoms with E-state index in [1.165, 1.54) is 0 Å². The molecule has 1 fully saturated rings. The summed E-state index contributed by atoms with van der Waals surface area (Å²) in [4.78, 5) is 26.4. The molecule has 2 aromatic rings. The first-order valence-corrected chi connectivity index (χ1v) is 9.27. The third kappa shape index (κ3) is 3.90. The lowest BCUT2D eigenvalue weighted by Crippen LogP contribution is -2.54. The number of likely N-dealkylation sites (tertiary alicyclic amines) is 1. The van der Waals surface area contributed by atoms with Gasteiger partial charge in [0.15, 0.2) is 0 Å². The van der Waals surface area contributed by atoms with Crippen LogP contribution in [0.1, 0.15) is 38.7 Å². The Morgan fingerprint density at radius 1 is 1.11 bits per heavy atom. The van der Waals surface area contributed by atoms with Gasteiger partial charge >= 0.3 is 0 Å². The average Bonchev–Trinajstić information content (AvgIpc) is 3.29. The van der Waals surface area contributed by atoms with Gasteiger partial charge in [0, 0.05) is 30.5 Å². The largest absolute Gasteiger partial charge is 0.368 e. The molecule has 6 nitrogen and oxygen atoms in total. The number of carbonyl (C=O) groups is 2. The van der Waals surface area contributed by atoms with Gasteiger partial charge in [-0.3, -0.25) is 9.59 Å². The summed E-state index contributed by atoms with van der Waals surface area (Å²) >= 11 is 0. The number of amides is 2. The zero-order valence-corrected chi connectivity index (χ0v) is 16.1. The standard InChI is InChI=1S/C21H28N4O2/c1-21(2,3)18(22)20(27)25-13-15(12-17(25)19(23)26)14-6-8-16(9-7-14)24-10-4-5-11-24/h4-11,15,17-18H,12-13,22H2,1-3H3,(H2,23,26)/t15-,17+,18-/m1/s1. The Kier molecular flexibility index (Phi) is 5.11. The van der Waals surface area contributed by atoms with Crippen LogP contribution in [-0.2, 0) is 9.59 Å². The summed E-state index contributed by atoms with van der Waals surface area (Å²) < 4.78 is 2.03. The molecule has 0 bridgehead atoms. The third-order valence-corrected chi connectivity index (χ3v) is 5.38. The summed E-state index contributed by atoms with van der Waals surface area (Å²) in [5.41, 5.74) is 13.5. The van der Waals surface area contributed by atoms with Crippen LogP contribution in [0, 0.1) is 5.41 Å². The lowest BCUT2D eigenvalue weighted by molar-refractivity contribution is -0.140. The molecule has 3 atom stereocenters. The molecule has 0 unspecified atom stereocenters. The third-order valence-electron chi connectivity index (χ3n) is 5.38. The minimum absolute atomic E-state index is 0.0670. The van der Waals surface area contributed by atoms with E-state index in [4.69, 9.17) is 11.5 Å². The van der Waals surface area contributed by atoms with Crippen LogP contribution in [-0.4, -0.2) is 39.9 Å². The zero-order chi connectivity index (χ0) is 19.8. The Balaban J connectivity index is 1.80. The van der Waals surface area contributed by atoms with Crippen LogP contribution in [0.25, 0.3) is 5.69 Å². The topological polar surface area (TPSA) is 94.3 Å². The molecular weight excluding hydrogens is 340 g/mol. The molecule has 1 aromatic heterocycles. The molecule has 2 heterocycles. The van der Waals surface area contributed by atoms with Crippen molar-refractivity contribution in [1.82, 2.24) is 9.47 Å². The minimum Gasteiger partial charge on any atom is -0.368 e. The lowest BCUT2D eigenvalue weighted by Gasteiger charge is -2.32. The van der Waals surface area contributed by atoms with E-state index in [2.05, 4.69) is 12.1 Å². The number of nitrogens with two attached hydrogens (primary N) is 2. The number of carbonyl (C=O) groups excluding carboxylic acids is 2. The minimum atomic E-state index is -0.672. The first kappa shape index (κ1) is 19.2. The van der Waals surface area contributed by atoms with Gasteiger partial charge in [0.2, 0.25) is 11.8 Å². The van der Waals surface area contributed by atoms with Crippen LogP contribution < -0.4 is 11.5 Å². The fourth-order valence-electron chi connectivity index (χ4n) is 3.57. The van der Waals surface area contributed by atoms with Gasteiger partial charge in [-0.05, 0) is 41.7 Å². The fraction of sp³-hybridized carbons (Fsp3) is 0.429. The number of hydrogen-bond acceptors (Lipinski definition) is 3. The summed E-state index contributed by atoms with van der Waals surface area (Å²) in [6.07, 6.45) is 4.50. The molecule has 4 N–H and O–H groups in total. The number of aromatic nitrogens is 1. The normalized spacial score (nSPS) is 21.3. The van der Waals surface area contributed by atoms with Gasteiger partial charge in [0.25, 0.3) is 0 Å². The Morgan fingerprint density at radius 3 is 2.22 bits per heavy atom. The number of rotatable bonds is 4. The quantitative estimate of drug-likeness (QED) is 0.864. The second kappa shape index (κ2) is 7.19. The molecule has 27 heavy (non-hydrogen) atoms. The molecule has 0 aliphatic carbocycles. The Labute approximate surface area is 160 Å². The highest BCUT2D eigenvalue weighted by Crippen LogP contribution is 2.33. The van der Waals surface area contributed by atoms with Gasteiger partial charge in [-0.15, -0.1) is 0 Å². The van der Waals surface area contributed by atoms with Crippen LogP contribution in [0.3, 0.4) is 0 Å². The Morgan fingerprint density at radius 2 is 1.70 bits per heavy atom. The molecule has 6 heteroatoms. The van der Waals surface area contributed by atoms with Crippen molar-refractivity contribution in [2.75, 3.05) is 6.54 Å². The predicted octanol–water partition coefficient (Wildman–Crippen LogP) is 2.02. The number of nitrogens with zero attached hydrogens (tertiary/aromatic N) is 2. The van der Waals surface area contributed by atoms with Gasteiger partial charge in [-0.2, -0.15) is 0 Å². The van der Waals surface area contributed by atoms with Crippen molar-refractivity contribution in [2.45, 2.75) is 45.2 Å². The smallest absolute Gasteiger partial charge is 0.240 e. The summed E-state index contributed by atoms with van der Waals surface area (Å²) in [5.74, 6) is -0.619. The van der Waals surface area contributed by atoms with E-state index in [0.29, 0.717) is 13.0 Å². The number of primary amides is 1. The van der Waals surface area contributed by atoms with Crippen molar-refractivity contribution in [3.8, 4) is 5.69 Å². The van der Waals surface area contributed by atoms with Gasteiger partial charge < -0.3 is 20.9 Å². The summed E-state index contributed by atoms with van der Waals surface area (Å²) in [6.45, 7) is 6.21. The lowest BCUT2D eigenvalue weighted by atomic mass is 9.86. The SMILES string of the molecule is CC(C)(C)[C@H](N)C(=O)N1C[C@H](c2ccc(-n3cccc3)cc2)C[C@H]1C(N)=O. The zero-order valence-electron chi connectivity index (χ0n) is 16.1. The molecule has 144 valence electrons. The highest BCUT2D eigenvalue weighted by Gasteiger charge is 2.42. The summed E-state index contributed by atoms with van der Waals surface area (Å²) in [5, 5.41) is 0. The van der Waals surface area contributed by atoms with E-state index in [-0.39, 0.29) is 17.2 Å². The molecule has 3 rings (SSSR count). The second-order valence-corrected chi connectivity index (χ2v) is 8.37. The molecule has 1 saturated heterocycles. The molecule has 1 aromatic carbocycles. The first-order chi connectivity index (χ1) is 12.7. The van der Waals surface area contributed by atoms with Crippen LogP contribution in [0.4, 0.5) is 0 Å². The Bertz CT molecular complexity index is 806. The van der Waals surface area contributed by atoms with Crippen molar-refractivity contribution in [3.05, 3.63) is 54.4 Å². The van der Waals surface area contributed by atoms with Crippen molar-refractivity contribution >= 4 is 11.8 Å². The number of benzene rings is 1. The molecule has 1 aliphatic heterocycles. The van der Waals surface area contributed by atoms with Crippen molar-refractivity contribution in [2.24, 2.45) is 16.9 Å². The highest BCUT2D eigenvalue weighted by atomic mass is 16.2. The average molecular weight is 368 g/mol. The molecule has 0 spiro atoms. The fourth-order valence-corrected chi connectivity index (χ4v) is 3.57.